The second-order valence-corrected chi connectivity index (χ2v) is 6.57. The molecule has 1 aliphatic heterocycles. The molecule has 1 atom stereocenters. The van der Waals surface area contributed by atoms with E-state index in [1.807, 2.05) is 24.3 Å². The van der Waals surface area contributed by atoms with Crippen LogP contribution in [0.5, 0.6) is 0 Å². The van der Waals surface area contributed by atoms with Crippen LogP contribution in [0.4, 0.5) is 5.82 Å². The Morgan fingerprint density at radius 1 is 1.36 bits per heavy atom. The van der Waals surface area contributed by atoms with E-state index >= 15 is 0 Å². The first kappa shape index (κ1) is 15.6. The lowest BCUT2D eigenvalue weighted by Gasteiger charge is -2.22. The number of likely N-dealkylation sites (tertiary alicyclic amines) is 1. The molecule has 2 aromatic rings. The van der Waals surface area contributed by atoms with Gasteiger partial charge >= 0.3 is 0 Å². The largest absolute Gasteiger partial charge is 0.360 e. The van der Waals surface area contributed by atoms with Gasteiger partial charge in [-0.1, -0.05) is 29.4 Å². The van der Waals surface area contributed by atoms with E-state index in [4.69, 9.17) is 4.52 Å². The third kappa shape index (κ3) is 2.43. The zero-order valence-corrected chi connectivity index (χ0v) is 13.7. The minimum absolute atomic E-state index is 0.124. The zero-order chi connectivity index (χ0) is 17.6. The highest BCUT2D eigenvalue weighted by Gasteiger charge is 2.55. The van der Waals surface area contributed by atoms with Gasteiger partial charge in [0.1, 0.15) is 12.3 Å². The molecule has 4 rings (SSSR count). The minimum atomic E-state index is -0.807. The molecule has 25 heavy (non-hydrogen) atoms. The quantitative estimate of drug-likeness (QED) is 0.857. The van der Waals surface area contributed by atoms with Crippen LogP contribution in [-0.2, 0) is 26.2 Å². The summed E-state index contributed by atoms with van der Waals surface area (Å²) in [4.78, 5) is 38.7. The Bertz CT molecular complexity index is 888. The number of carbonyl (C=O) groups is 3. The van der Waals surface area contributed by atoms with E-state index in [-0.39, 0.29) is 30.6 Å². The fourth-order valence-electron chi connectivity index (χ4n) is 3.81. The number of amides is 3. The van der Waals surface area contributed by atoms with Crippen molar-refractivity contribution in [3.8, 4) is 0 Å². The van der Waals surface area contributed by atoms with Crippen molar-refractivity contribution in [2.45, 2.75) is 31.6 Å². The van der Waals surface area contributed by atoms with E-state index in [1.165, 1.54) is 0 Å². The van der Waals surface area contributed by atoms with Gasteiger partial charge in [-0.25, -0.2) is 0 Å². The molecule has 7 heteroatoms. The Kier molecular flexibility index (Phi) is 3.45. The lowest BCUT2D eigenvalue weighted by molar-refractivity contribution is -0.142. The molecule has 1 unspecified atom stereocenters. The van der Waals surface area contributed by atoms with E-state index in [9.17, 15) is 14.4 Å². The van der Waals surface area contributed by atoms with E-state index in [0.717, 1.165) is 22.4 Å². The topological polar surface area (TPSA) is 92.5 Å². The highest BCUT2D eigenvalue weighted by atomic mass is 16.5. The number of imide groups is 1. The van der Waals surface area contributed by atoms with Crippen LogP contribution in [0.1, 0.15) is 29.7 Å². The molecule has 128 valence electrons. The second-order valence-electron chi connectivity index (χ2n) is 6.57. The summed E-state index contributed by atoms with van der Waals surface area (Å²) < 4.78 is 4.88. The molecule has 1 aromatic carbocycles. The normalized spacial score (nSPS) is 21.9. The Morgan fingerprint density at radius 3 is 2.92 bits per heavy atom. The maximum absolute atomic E-state index is 13.0. The summed E-state index contributed by atoms with van der Waals surface area (Å²) in [5.41, 5.74) is 1.22. The number of anilines is 1. The van der Waals surface area contributed by atoms with Crippen molar-refractivity contribution in [1.29, 1.82) is 0 Å². The standard InChI is InChI=1S/C18H17N3O4/c1-11-8-14(20-25-11)19-15(22)10-21-16(23)9-18(17(21)24)7-6-12-4-2-3-5-13(12)18/h2-5,8H,6-7,9-10H2,1H3,(H,19,20,22). The average molecular weight is 339 g/mol. The van der Waals surface area contributed by atoms with Crippen molar-refractivity contribution in [1.82, 2.24) is 10.1 Å². The molecule has 1 saturated heterocycles. The molecule has 2 aliphatic rings. The predicted octanol–water partition coefficient (Wildman–Crippen LogP) is 1.56. The van der Waals surface area contributed by atoms with Crippen LogP contribution in [0.3, 0.4) is 0 Å². The van der Waals surface area contributed by atoms with Gasteiger partial charge in [0, 0.05) is 12.5 Å². The molecule has 1 fully saturated rings. The summed E-state index contributed by atoms with van der Waals surface area (Å²) >= 11 is 0. The summed E-state index contributed by atoms with van der Waals surface area (Å²) in [5, 5.41) is 6.21. The van der Waals surface area contributed by atoms with Crippen LogP contribution >= 0.6 is 0 Å². The monoisotopic (exact) mass is 339 g/mol. The lowest BCUT2D eigenvalue weighted by Crippen LogP contribution is -2.41. The number of hydrogen-bond acceptors (Lipinski definition) is 5. The van der Waals surface area contributed by atoms with Gasteiger partial charge in [-0.3, -0.25) is 19.3 Å². The number of aromatic nitrogens is 1. The highest BCUT2D eigenvalue weighted by Crippen LogP contribution is 2.46. The fraction of sp³-hybridized carbons (Fsp3) is 0.333. The van der Waals surface area contributed by atoms with Crippen LogP contribution in [0.25, 0.3) is 0 Å². The molecule has 0 bridgehead atoms. The van der Waals surface area contributed by atoms with Gasteiger partial charge in [0.05, 0.1) is 5.41 Å². The third-order valence-corrected chi connectivity index (χ3v) is 4.96. The van der Waals surface area contributed by atoms with Crippen molar-refractivity contribution in [2.24, 2.45) is 0 Å². The molecule has 1 N–H and O–H groups in total. The molecule has 3 amide bonds. The number of carbonyl (C=O) groups excluding carboxylic acids is 3. The molecule has 0 saturated carbocycles. The van der Waals surface area contributed by atoms with E-state index in [1.54, 1.807) is 13.0 Å². The van der Waals surface area contributed by atoms with Gasteiger partial charge in [0.25, 0.3) is 0 Å². The average Bonchev–Trinajstić information content (AvgIpc) is 3.22. The van der Waals surface area contributed by atoms with E-state index in [2.05, 4.69) is 10.5 Å². The van der Waals surface area contributed by atoms with Crippen LogP contribution in [0.15, 0.2) is 34.9 Å². The summed E-state index contributed by atoms with van der Waals surface area (Å²) in [6, 6.07) is 9.29. The SMILES string of the molecule is Cc1cc(NC(=O)CN2C(=O)CC3(CCc4ccccc43)C2=O)no1. The molecule has 7 nitrogen and oxygen atoms in total. The number of benzene rings is 1. The minimum Gasteiger partial charge on any atom is -0.360 e. The summed E-state index contributed by atoms with van der Waals surface area (Å²) in [6.07, 6.45) is 1.50. The van der Waals surface area contributed by atoms with Gasteiger partial charge in [-0.05, 0) is 30.9 Å². The highest BCUT2D eigenvalue weighted by molar-refractivity contribution is 6.12. The number of rotatable bonds is 3. The van der Waals surface area contributed by atoms with Crippen molar-refractivity contribution in [2.75, 3.05) is 11.9 Å². The first-order valence-corrected chi connectivity index (χ1v) is 8.16. The van der Waals surface area contributed by atoms with Crippen LogP contribution in [0, 0.1) is 6.92 Å². The first-order valence-electron chi connectivity index (χ1n) is 8.16. The predicted molar refractivity (Wildman–Crippen MR) is 87.6 cm³/mol. The van der Waals surface area contributed by atoms with Crippen LogP contribution < -0.4 is 5.32 Å². The molecule has 2 heterocycles. The van der Waals surface area contributed by atoms with Gasteiger partial charge in [0.2, 0.25) is 17.7 Å². The van der Waals surface area contributed by atoms with Crippen LogP contribution in [-0.4, -0.2) is 34.3 Å². The van der Waals surface area contributed by atoms with Gasteiger partial charge < -0.3 is 9.84 Å². The van der Waals surface area contributed by atoms with Gasteiger partial charge in [-0.15, -0.1) is 0 Å². The number of hydrogen-bond donors (Lipinski definition) is 1. The lowest BCUT2D eigenvalue weighted by atomic mass is 9.80. The van der Waals surface area contributed by atoms with Crippen molar-refractivity contribution >= 4 is 23.5 Å². The number of nitrogens with zero attached hydrogens (tertiary/aromatic N) is 2. The fourth-order valence-corrected chi connectivity index (χ4v) is 3.81. The van der Waals surface area contributed by atoms with E-state index < -0.39 is 11.3 Å². The maximum Gasteiger partial charge on any atom is 0.245 e. The molecular formula is C18H17N3O4. The van der Waals surface area contributed by atoms with Gasteiger partial charge in [0.15, 0.2) is 5.82 Å². The first-order chi connectivity index (χ1) is 12.0. The van der Waals surface area contributed by atoms with Gasteiger partial charge in [-0.2, -0.15) is 0 Å². The molecule has 0 radical (unpaired) electrons. The molecule has 1 spiro atoms. The van der Waals surface area contributed by atoms with Crippen molar-refractivity contribution in [3.05, 3.63) is 47.2 Å². The maximum atomic E-state index is 13.0. The molecule has 1 aromatic heterocycles. The summed E-state index contributed by atoms with van der Waals surface area (Å²) in [5.74, 6) is -0.242. The molecular weight excluding hydrogens is 322 g/mol. The van der Waals surface area contributed by atoms with Crippen LogP contribution in [0.2, 0.25) is 0 Å². The Balaban J connectivity index is 1.53. The molecule has 1 aliphatic carbocycles. The third-order valence-electron chi connectivity index (χ3n) is 4.96. The second kappa shape index (κ2) is 5.54. The van der Waals surface area contributed by atoms with Crippen molar-refractivity contribution in [3.63, 3.8) is 0 Å². The number of nitrogens with one attached hydrogen (secondary N) is 1. The summed E-state index contributed by atoms with van der Waals surface area (Å²) in [6.45, 7) is 1.39. The number of aryl methyl sites for hydroxylation is 2. The Labute approximate surface area is 144 Å². The Hall–Kier alpha value is -2.96. The smallest absolute Gasteiger partial charge is 0.245 e. The number of fused-ring (bicyclic) bond motifs is 2. The summed E-state index contributed by atoms with van der Waals surface area (Å²) in [7, 11) is 0. The van der Waals surface area contributed by atoms with E-state index in [0.29, 0.717) is 12.2 Å². The Morgan fingerprint density at radius 2 is 2.16 bits per heavy atom. The zero-order valence-electron chi connectivity index (χ0n) is 13.7. The van der Waals surface area contributed by atoms with Crippen molar-refractivity contribution < 1.29 is 18.9 Å².